The number of fused-ring (bicyclic) bond motifs is 1. The van der Waals surface area contributed by atoms with Gasteiger partial charge in [-0.2, -0.15) is 0 Å². The molecule has 0 amide bonds. The molecule has 4 heterocycles. The van der Waals surface area contributed by atoms with Crippen LogP contribution in [-0.4, -0.2) is 38.7 Å². The predicted octanol–water partition coefficient (Wildman–Crippen LogP) is 3.20. The third kappa shape index (κ3) is 3.90. The van der Waals surface area contributed by atoms with E-state index in [0.29, 0.717) is 35.3 Å². The topological polar surface area (TPSA) is 123 Å². The highest BCUT2D eigenvalue weighted by Gasteiger charge is 2.48. The predicted molar refractivity (Wildman–Crippen MR) is 129 cm³/mol. The minimum Gasteiger partial charge on any atom is -0.485 e. The van der Waals surface area contributed by atoms with Crippen molar-refractivity contribution < 1.29 is 9.84 Å². The molecule has 0 aliphatic carbocycles. The van der Waals surface area contributed by atoms with Gasteiger partial charge in [0.1, 0.15) is 22.9 Å². The van der Waals surface area contributed by atoms with Crippen LogP contribution >= 0.6 is 11.6 Å². The van der Waals surface area contributed by atoms with Gasteiger partial charge in [0.15, 0.2) is 5.82 Å². The fourth-order valence-corrected chi connectivity index (χ4v) is 4.75. The van der Waals surface area contributed by atoms with E-state index in [1.165, 1.54) is 0 Å². The van der Waals surface area contributed by atoms with Crippen LogP contribution in [0.15, 0.2) is 42.7 Å². The van der Waals surface area contributed by atoms with Gasteiger partial charge in [-0.15, -0.1) is 0 Å². The van der Waals surface area contributed by atoms with Gasteiger partial charge in [0.25, 0.3) is 0 Å². The zero-order chi connectivity index (χ0) is 23.0. The zero-order valence-electron chi connectivity index (χ0n) is 18.0. The fourth-order valence-electron chi connectivity index (χ4n) is 4.57. The molecule has 1 spiro atoms. The third-order valence-electron chi connectivity index (χ3n) is 6.41. The van der Waals surface area contributed by atoms with E-state index in [1.54, 1.807) is 30.6 Å². The molecule has 170 valence electrons. The number of aromatic nitrogens is 3. The van der Waals surface area contributed by atoms with Crippen molar-refractivity contribution in [1.29, 1.82) is 0 Å². The number of hydrogen-bond acceptors (Lipinski definition) is 8. The Kier molecular flexibility index (Phi) is 5.65. The minimum atomic E-state index is -0.401. The number of aliphatic hydroxyl groups is 1. The number of halogens is 1. The number of anilines is 2. The Labute approximate surface area is 196 Å². The van der Waals surface area contributed by atoms with Gasteiger partial charge in [0.2, 0.25) is 0 Å². The molecule has 0 unspecified atom stereocenters. The quantitative estimate of drug-likeness (QED) is 0.537. The van der Waals surface area contributed by atoms with Crippen LogP contribution in [0.5, 0.6) is 5.75 Å². The first-order valence-corrected chi connectivity index (χ1v) is 11.2. The minimum absolute atomic E-state index is 0.152. The number of nitrogens with two attached hydrogens (primary N) is 2. The molecule has 1 aromatic carbocycles. The Bertz CT molecular complexity index is 1210. The summed E-state index contributed by atoms with van der Waals surface area (Å²) in [6, 6.07) is 9.59. The number of para-hydroxylation sites is 1. The first kappa shape index (κ1) is 21.6. The van der Waals surface area contributed by atoms with Crippen LogP contribution < -0.4 is 21.1 Å². The molecule has 0 bridgehead atoms. The summed E-state index contributed by atoms with van der Waals surface area (Å²) in [7, 11) is 0. The van der Waals surface area contributed by atoms with Crippen LogP contribution in [0.25, 0.3) is 12.2 Å². The van der Waals surface area contributed by atoms with Crippen molar-refractivity contribution in [3.8, 4) is 5.75 Å². The Morgan fingerprint density at radius 3 is 2.73 bits per heavy atom. The van der Waals surface area contributed by atoms with Gasteiger partial charge < -0.3 is 26.2 Å². The van der Waals surface area contributed by atoms with Gasteiger partial charge >= 0.3 is 0 Å². The van der Waals surface area contributed by atoms with Gasteiger partial charge in [-0.05, 0) is 23.8 Å². The highest BCUT2D eigenvalue weighted by molar-refractivity contribution is 6.34. The summed E-state index contributed by atoms with van der Waals surface area (Å²) in [5.74, 6) is 1.83. The normalized spacial score (nSPS) is 19.1. The average Bonchev–Trinajstić information content (AvgIpc) is 3.11. The standard InChI is InChI=1S/C24H25ClN6O2/c25-20-15(7-10-28-22(20)27)5-6-16-13-29-23(18(14-32)30-16)31-11-8-24(9-12-31)21(26)17-3-1-2-4-19(17)33-24/h1-7,10,13,21,32H,8-9,11-12,14,26H2,(H2,27,28)/b6-5-/t21-/m1/s1. The second-order valence-electron chi connectivity index (χ2n) is 8.33. The van der Waals surface area contributed by atoms with Crippen molar-refractivity contribution in [3.05, 3.63) is 70.3 Å². The van der Waals surface area contributed by atoms with Gasteiger partial charge in [0.05, 0.1) is 29.6 Å². The molecule has 2 aliphatic rings. The SMILES string of the molecule is Nc1nccc(/C=C\c2cnc(N3CCC4(CC3)Oc3ccccc3[C@H]4N)c(CO)n2)c1Cl. The number of rotatable bonds is 4. The van der Waals surface area contributed by atoms with Crippen LogP contribution in [0.1, 0.15) is 41.4 Å². The van der Waals surface area contributed by atoms with Crippen LogP contribution in [-0.2, 0) is 6.61 Å². The molecule has 1 fully saturated rings. The average molecular weight is 465 g/mol. The molecule has 2 aromatic heterocycles. The summed E-state index contributed by atoms with van der Waals surface area (Å²) in [5.41, 5.74) is 14.9. The van der Waals surface area contributed by atoms with Crippen molar-refractivity contribution in [1.82, 2.24) is 15.0 Å². The van der Waals surface area contributed by atoms with E-state index in [4.69, 9.17) is 27.8 Å². The Balaban J connectivity index is 1.32. The molecule has 33 heavy (non-hydrogen) atoms. The lowest BCUT2D eigenvalue weighted by Crippen LogP contribution is -2.51. The number of ether oxygens (including phenoxy) is 1. The molecule has 9 heteroatoms. The molecule has 1 saturated heterocycles. The Hall–Kier alpha value is -3.20. The van der Waals surface area contributed by atoms with Crippen molar-refractivity contribution in [2.24, 2.45) is 5.73 Å². The molecule has 5 N–H and O–H groups in total. The van der Waals surface area contributed by atoms with Gasteiger partial charge in [-0.1, -0.05) is 35.9 Å². The van der Waals surface area contributed by atoms with Crippen LogP contribution in [0.3, 0.4) is 0 Å². The fraction of sp³-hybridized carbons (Fsp3) is 0.292. The summed E-state index contributed by atoms with van der Waals surface area (Å²) in [6.45, 7) is 1.21. The molecule has 1 atom stereocenters. The number of nitrogens with zero attached hydrogens (tertiary/aromatic N) is 4. The maximum Gasteiger partial charge on any atom is 0.152 e. The van der Waals surface area contributed by atoms with Gasteiger partial charge in [0, 0.05) is 37.7 Å². The maximum absolute atomic E-state index is 9.96. The van der Waals surface area contributed by atoms with Crippen LogP contribution in [0.2, 0.25) is 5.02 Å². The lowest BCUT2D eigenvalue weighted by Gasteiger charge is -2.41. The van der Waals surface area contributed by atoms with Gasteiger partial charge in [-0.3, -0.25) is 0 Å². The molecular formula is C24H25ClN6O2. The summed E-state index contributed by atoms with van der Waals surface area (Å²) in [6.07, 6.45) is 8.38. The van der Waals surface area contributed by atoms with Crippen molar-refractivity contribution >= 4 is 35.4 Å². The summed E-state index contributed by atoms with van der Waals surface area (Å²) in [4.78, 5) is 15.3. The number of benzene rings is 1. The number of hydrogen-bond donors (Lipinski definition) is 3. The lowest BCUT2D eigenvalue weighted by atomic mass is 9.83. The second-order valence-corrected chi connectivity index (χ2v) is 8.70. The van der Waals surface area contributed by atoms with E-state index in [2.05, 4.69) is 19.9 Å². The molecule has 8 nitrogen and oxygen atoms in total. The third-order valence-corrected chi connectivity index (χ3v) is 6.83. The lowest BCUT2D eigenvalue weighted by molar-refractivity contribution is 0.0430. The molecule has 5 rings (SSSR count). The summed E-state index contributed by atoms with van der Waals surface area (Å²) < 4.78 is 6.33. The molecular weight excluding hydrogens is 440 g/mol. The van der Waals surface area contributed by atoms with E-state index in [9.17, 15) is 5.11 Å². The Morgan fingerprint density at radius 1 is 1.18 bits per heavy atom. The highest BCUT2D eigenvalue weighted by Crippen LogP contribution is 2.47. The maximum atomic E-state index is 9.96. The highest BCUT2D eigenvalue weighted by atomic mass is 35.5. The number of nitrogen functional groups attached to an aromatic ring is 1. The number of aliphatic hydroxyl groups excluding tert-OH is 1. The summed E-state index contributed by atoms with van der Waals surface area (Å²) >= 11 is 6.20. The summed E-state index contributed by atoms with van der Waals surface area (Å²) in [5, 5.41) is 10.3. The smallest absolute Gasteiger partial charge is 0.152 e. The molecule has 3 aromatic rings. The molecule has 0 saturated carbocycles. The van der Waals surface area contributed by atoms with Crippen LogP contribution in [0, 0.1) is 0 Å². The number of pyridine rings is 1. The van der Waals surface area contributed by atoms with Crippen molar-refractivity contribution in [2.75, 3.05) is 23.7 Å². The zero-order valence-corrected chi connectivity index (χ0v) is 18.7. The monoisotopic (exact) mass is 464 g/mol. The first-order valence-electron chi connectivity index (χ1n) is 10.8. The number of piperidine rings is 1. The van der Waals surface area contributed by atoms with E-state index in [0.717, 1.165) is 29.7 Å². The van der Waals surface area contributed by atoms with Gasteiger partial charge in [-0.25, -0.2) is 15.0 Å². The van der Waals surface area contributed by atoms with E-state index >= 15 is 0 Å². The molecule has 0 radical (unpaired) electrons. The van der Waals surface area contributed by atoms with Crippen LogP contribution in [0.4, 0.5) is 11.6 Å². The van der Waals surface area contributed by atoms with Crippen molar-refractivity contribution in [3.63, 3.8) is 0 Å². The van der Waals surface area contributed by atoms with E-state index in [-0.39, 0.29) is 18.5 Å². The molecule has 2 aliphatic heterocycles. The van der Waals surface area contributed by atoms with Crippen molar-refractivity contribution in [2.45, 2.75) is 31.1 Å². The second kappa shape index (κ2) is 8.62. The van der Waals surface area contributed by atoms with E-state index < -0.39 is 5.60 Å². The first-order chi connectivity index (χ1) is 16.0. The van der Waals surface area contributed by atoms with E-state index in [1.807, 2.05) is 24.3 Å². The Morgan fingerprint density at radius 2 is 1.97 bits per heavy atom. The largest absolute Gasteiger partial charge is 0.485 e.